The summed E-state index contributed by atoms with van der Waals surface area (Å²) in [7, 11) is 0.193. The lowest BCUT2D eigenvalue weighted by Gasteiger charge is -2.35. The molecule has 1 rings (SSSR count). The Bertz CT molecular complexity index is 358. The van der Waals surface area contributed by atoms with Gasteiger partial charge in [-0.15, -0.1) is 0 Å². The molecule has 0 atom stereocenters. The van der Waals surface area contributed by atoms with Gasteiger partial charge in [-0.05, 0) is 51.1 Å². The van der Waals surface area contributed by atoms with Gasteiger partial charge in [-0.25, -0.2) is 0 Å². The smallest absolute Gasteiger partial charge is 0.279 e. The third kappa shape index (κ3) is 5.77. The first-order chi connectivity index (χ1) is 8.77. The van der Waals surface area contributed by atoms with Crippen molar-refractivity contribution in [2.75, 3.05) is 27.2 Å². The molecule has 0 aromatic carbocycles. The molecule has 1 saturated carbocycles. The number of hydrogen-bond acceptors (Lipinski definition) is 3. The fourth-order valence-electron chi connectivity index (χ4n) is 2.42. The molecule has 1 aliphatic rings. The second kappa shape index (κ2) is 7.02. The summed E-state index contributed by atoms with van der Waals surface area (Å²) in [6.45, 7) is 5.88. The van der Waals surface area contributed by atoms with Crippen molar-refractivity contribution in [3.63, 3.8) is 0 Å². The molecule has 2 N–H and O–H groups in total. The first-order valence-electron chi connectivity index (χ1n) is 7.15. The third-order valence-corrected chi connectivity index (χ3v) is 5.60. The molecule has 0 heterocycles. The number of nitrogens with one attached hydrogen (secondary N) is 2. The fourth-order valence-corrected chi connectivity index (χ4v) is 3.62. The van der Waals surface area contributed by atoms with E-state index in [1.807, 2.05) is 7.05 Å². The molecule has 0 aliphatic heterocycles. The van der Waals surface area contributed by atoms with Crippen LogP contribution in [-0.4, -0.2) is 45.9 Å². The summed E-state index contributed by atoms with van der Waals surface area (Å²) < 4.78 is 28.6. The molecule has 1 aliphatic carbocycles. The molecule has 0 radical (unpaired) electrons. The van der Waals surface area contributed by atoms with E-state index in [1.165, 1.54) is 4.31 Å². The largest absolute Gasteiger partial charge is 0.320 e. The first-order valence-corrected chi connectivity index (χ1v) is 8.59. The maximum Gasteiger partial charge on any atom is 0.279 e. The Morgan fingerprint density at radius 2 is 1.84 bits per heavy atom. The summed E-state index contributed by atoms with van der Waals surface area (Å²) in [5.74, 6) is 0. The normalized spacial score (nSPS) is 20.9. The molecule has 0 amide bonds. The lowest BCUT2D eigenvalue weighted by Crippen LogP contribution is -2.46. The van der Waals surface area contributed by atoms with Crippen molar-refractivity contribution in [1.29, 1.82) is 0 Å². The van der Waals surface area contributed by atoms with Gasteiger partial charge in [-0.1, -0.05) is 13.8 Å². The van der Waals surface area contributed by atoms with Gasteiger partial charge >= 0.3 is 0 Å². The molecule has 0 aromatic heterocycles. The zero-order valence-corrected chi connectivity index (χ0v) is 13.5. The van der Waals surface area contributed by atoms with Gasteiger partial charge in [0.1, 0.15) is 0 Å². The monoisotopic (exact) mass is 291 g/mol. The second-order valence-corrected chi connectivity index (χ2v) is 8.15. The van der Waals surface area contributed by atoms with E-state index in [4.69, 9.17) is 0 Å². The van der Waals surface area contributed by atoms with E-state index >= 15 is 0 Å². The van der Waals surface area contributed by atoms with E-state index in [9.17, 15) is 8.42 Å². The van der Waals surface area contributed by atoms with Crippen molar-refractivity contribution in [3.8, 4) is 0 Å². The van der Waals surface area contributed by atoms with Crippen LogP contribution < -0.4 is 10.0 Å². The van der Waals surface area contributed by atoms with E-state index in [2.05, 4.69) is 23.9 Å². The van der Waals surface area contributed by atoms with Crippen molar-refractivity contribution in [2.45, 2.75) is 52.0 Å². The number of rotatable bonds is 7. The van der Waals surface area contributed by atoms with Crippen molar-refractivity contribution >= 4 is 10.2 Å². The van der Waals surface area contributed by atoms with E-state index in [0.717, 1.165) is 38.6 Å². The van der Waals surface area contributed by atoms with Crippen LogP contribution in [0.5, 0.6) is 0 Å². The Balaban J connectivity index is 2.42. The van der Waals surface area contributed by atoms with Crippen LogP contribution in [0.1, 0.15) is 46.0 Å². The Morgan fingerprint density at radius 3 is 2.37 bits per heavy atom. The van der Waals surface area contributed by atoms with Gasteiger partial charge in [0.25, 0.3) is 10.2 Å². The van der Waals surface area contributed by atoms with Gasteiger partial charge in [0, 0.05) is 19.6 Å². The van der Waals surface area contributed by atoms with Gasteiger partial charge in [-0.2, -0.15) is 17.4 Å². The molecule has 0 unspecified atom stereocenters. The van der Waals surface area contributed by atoms with Crippen LogP contribution in [0.15, 0.2) is 0 Å². The minimum atomic E-state index is -3.32. The maximum absolute atomic E-state index is 12.1. The summed E-state index contributed by atoms with van der Waals surface area (Å²) >= 11 is 0. The molecule has 114 valence electrons. The lowest BCUT2D eigenvalue weighted by molar-refractivity contribution is 0.217. The molecule has 19 heavy (non-hydrogen) atoms. The fraction of sp³-hybridized carbons (Fsp3) is 1.00. The van der Waals surface area contributed by atoms with Crippen molar-refractivity contribution in [1.82, 2.24) is 14.3 Å². The Morgan fingerprint density at radius 1 is 1.26 bits per heavy atom. The molecule has 0 saturated heterocycles. The van der Waals surface area contributed by atoms with Crippen LogP contribution in [0.4, 0.5) is 0 Å². The minimum Gasteiger partial charge on any atom is -0.320 e. The van der Waals surface area contributed by atoms with Crippen LogP contribution in [0.25, 0.3) is 0 Å². The molecule has 0 aromatic rings. The van der Waals surface area contributed by atoms with Crippen LogP contribution >= 0.6 is 0 Å². The standard InChI is InChI=1S/C13H29N3O2S/c1-13(2)8-6-12(7-9-13)15-19(17,18)16(4)11-5-10-14-3/h12,14-15H,5-11H2,1-4H3. The predicted molar refractivity (Wildman–Crippen MR) is 79.3 cm³/mol. The topological polar surface area (TPSA) is 61.4 Å². The van der Waals surface area contributed by atoms with Crippen LogP contribution in [0.3, 0.4) is 0 Å². The molecular weight excluding hydrogens is 262 g/mol. The van der Waals surface area contributed by atoms with Gasteiger partial charge in [0.2, 0.25) is 0 Å². The van der Waals surface area contributed by atoms with Crippen molar-refractivity contribution in [2.24, 2.45) is 5.41 Å². The van der Waals surface area contributed by atoms with Crippen molar-refractivity contribution in [3.05, 3.63) is 0 Å². The van der Waals surface area contributed by atoms with E-state index in [-0.39, 0.29) is 6.04 Å². The van der Waals surface area contributed by atoms with Crippen molar-refractivity contribution < 1.29 is 8.42 Å². The van der Waals surface area contributed by atoms with E-state index in [0.29, 0.717) is 12.0 Å². The Kier molecular flexibility index (Phi) is 6.23. The number of hydrogen-bond donors (Lipinski definition) is 2. The van der Waals surface area contributed by atoms with Crippen LogP contribution in [0, 0.1) is 5.41 Å². The van der Waals surface area contributed by atoms with Gasteiger partial charge in [-0.3, -0.25) is 0 Å². The average Bonchev–Trinajstić information content (AvgIpc) is 2.32. The SMILES string of the molecule is CNCCCN(C)S(=O)(=O)NC1CCC(C)(C)CC1. The zero-order chi connectivity index (χ0) is 14.5. The highest BCUT2D eigenvalue weighted by molar-refractivity contribution is 7.87. The maximum atomic E-state index is 12.1. The summed E-state index contributed by atoms with van der Waals surface area (Å²) in [6, 6.07) is 0.102. The number of nitrogens with zero attached hydrogens (tertiary/aromatic N) is 1. The second-order valence-electron chi connectivity index (χ2n) is 6.34. The highest BCUT2D eigenvalue weighted by atomic mass is 32.2. The highest BCUT2D eigenvalue weighted by Crippen LogP contribution is 2.35. The molecule has 5 nitrogen and oxygen atoms in total. The van der Waals surface area contributed by atoms with Crippen LogP contribution in [-0.2, 0) is 10.2 Å². The molecular formula is C13H29N3O2S. The Labute approximate surface area is 118 Å². The van der Waals surface area contributed by atoms with Gasteiger partial charge < -0.3 is 5.32 Å². The van der Waals surface area contributed by atoms with E-state index < -0.39 is 10.2 Å². The van der Waals surface area contributed by atoms with E-state index in [1.54, 1.807) is 7.05 Å². The first kappa shape index (κ1) is 16.9. The van der Waals surface area contributed by atoms with Gasteiger partial charge in [0.05, 0.1) is 0 Å². The molecule has 0 spiro atoms. The minimum absolute atomic E-state index is 0.102. The quantitative estimate of drug-likeness (QED) is 0.696. The van der Waals surface area contributed by atoms with Gasteiger partial charge in [0.15, 0.2) is 0 Å². The summed E-state index contributed by atoms with van der Waals surface area (Å²) in [6.07, 6.45) is 4.88. The summed E-state index contributed by atoms with van der Waals surface area (Å²) in [4.78, 5) is 0. The highest BCUT2D eigenvalue weighted by Gasteiger charge is 2.30. The summed E-state index contributed by atoms with van der Waals surface area (Å²) in [5, 5.41) is 3.02. The average molecular weight is 291 g/mol. The predicted octanol–water partition coefficient (Wildman–Crippen LogP) is 1.33. The summed E-state index contributed by atoms with van der Waals surface area (Å²) in [5.41, 5.74) is 0.362. The zero-order valence-electron chi connectivity index (χ0n) is 12.7. The molecule has 1 fully saturated rings. The van der Waals surface area contributed by atoms with Crippen LogP contribution in [0.2, 0.25) is 0 Å². The Hall–Kier alpha value is -0.170. The molecule has 6 heteroatoms. The third-order valence-electron chi connectivity index (χ3n) is 3.96. The lowest BCUT2D eigenvalue weighted by atomic mass is 9.76. The molecule has 0 bridgehead atoms.